The van der Waals surface area contributed by atoms with Crippen molar-refractivity contribution in [2.75, 3.05) is 0 Å². The Morgan fingerprint density at radius 3 is 2.86 bits per heavy atom. The Bertz CT molecular complexity index is 313. The molecule has 1 aromatic rings. The van der Waals surface area contributed by atoms with Gasteiger partial charge in [-0.3, -0.25) is 4.68 Å². The van der Waals surface area contributed by atoms with E-state index in [1.165, 1.54) is 12.8 Å². The van der Waals surface area contributed by atoms with E-state index in [0.29, 0.717) is 0 Å². The van der Waals surface area contributed by atoms with Gasteiger partial charge in [-0.05, 0) is 24.8 Å². The van der Waals surface area contributed by atoms with Gasteiger partial charge in [-0.1, -0.05) is 12.8 Å². The van der Waals surface area contributed by atoms with Crippen LogP contribution in [0.5, 0.6) is 0 Å². The van der Waals surface area contributed by atoms with Crippen molar-refractivity contribution in [2.24, 2.45) is 13.0 Å². The van der Waals surface area contributed by atoms with E-state index < -0.39 is 5.60 Å². The topological polar surface area (TPSA) is 38.0 Å². The minimum Gasteiger partial charge on any atom is -0.390 e. The molecule has 1 aliphatic carbocycles. The van der Waals surface area contributed by atoms with E-state index in [4.69, 9.17) is 0 Å². The Labute approximate surface area is 84.7 Å². The molecule has 0 spiro atoms. The van der Waals surface area contributed by atoms with Gasteiger partial charge in [-0.2, -0.15) is 5.10 Å². The second kappa shape index (κ2) is 3.39. The van der Waals surface area contributed by atoms with Crippen LogP contribution >= 0.6 is 0 Å². The van der Waals surface area contributed by atoms with Crippen molar-refractivity contribution in [2.45, 2.75) is 38.2 Å². The van der Waals surface area contributed by atoms with Crippen LogP contribution in [0.4, 0.5) is 0 Å². The minimum absolute atomic E-state index is 0.551. The summed E-state index contributed by atoms with van der Waals surface area (Å²) in [4.78, 5) is 0. The molecule has 0 aromatic carbocycles. The van der Waals surface area contributed by atoms with Crippen molar-refractivity contribution in [3.8, 4) is 0 Å². The molecule has 0 aliphatic heterocycles. The van der Waals surface area contributed by atoms with Crippen molar-refractivity contribution in [3.63, 3.8) is 0 Å². The number of rotatable bonds is 4. The van der Waals surface area contributed by atoms with E-state index >= 15 is 0 Å². The number of aryl methyl sites for hydroxylation is 1. The molecule has 1 aromatic heterocycles. The van der Waals surface area contributed by atoms with E-state index in [9.17, 15) is 5.11 Å². The molecule has 0 bridgehead atoms. The third-order valence-corrected chi connectivity index (χ3v) is 2.77. The minimum atomic E-state index is -0.551. The lowest BCUT2D eigenvalue weighted by Gasteiger charge is -2.22. The highest BCUT2D eigenvalue weighted by Gasteiger charge is 2.31. The van der Waals surface area contributed by atoms with E-state index in [1.807, 2.05) is 26.4 Å². The molecule has 1 saturated carbocycles. The zero-order valence-corrected chi connectivity index (χ0v) is 8.90. The molecule has 0 saturated heterocycles. The number of nitrogens with zero attached hydrogens (tertiary/aromatic N) is 2. The largest absolute Gasteiger partial charge is 0.390 e. The van der Waals surface area contributed by atoms with Crippen LogP contribution in [-0.4, -0.2) is 20.5 Å². The predicted octanol–water partition coefficient (Wildman–Crippen LogP) is 1.51. The zero-order valence-electron chi connectivity index (χ0n) is 8.90. The molecule has 0 amide bonds. The van der Waals surface area contributed by atoms with Crippen molar-refractivity contribution in [1.29, 1.82) is 0 Å². The Morgan fingerprint density at radius 1 is 1.64 bits per heavy atom. The molecule has 78 valence electrons. The first-order valence-corrected chi connectivity index (χ1v) is 5.25. The van der Waals surface area contributed by atoms with Crippen LogP contribution in [0.1, 0.15) is 31.7 Å². The molecular weight excluding hydrogens is 176 g/mol. The Hall–Kier alpha value is -0.830. The summed E-state index contributed by atoms with van der Waals surface area (Å²) in [6, 6.07) is 0. The fourth-order valence-electron chi connectivity index (χ4n) is 2.02. The molecule has 1 heterocycles. The third kappa shape index (κ3) is 2.58. The molecule has 1 aliphatic rings. The molecule has 1 atom stereocenters. The van der Waals surface area contributed by atoms with Crippen LogP contribution in [0.3, 0.4) is 0 Å². The number of aromatic nitrogens is 2. The van der Waals surface area contributed by atoms with E-state index in [-0.39, 0.29) is 0 Å². The maximum Gasteiger partial charge on any atom is 0.0663 e. The number of hydrogen-bond donors (Lipinski definition) is 1. The van der Waals surface area contributed by atoms with Crippen LogP contribution in [-0.2, 0) is 13.5 Å². The molecule has 1 unspecified atom stereocenters. The van der Waals surface area contributed by atoms with Crippen molar-refractivity contribution in [3.05, 3.63) is 18.0 Å². The molecule has 1 fully saturated rings. The Kier molecular flexibility index (Phi) is 2.35. The summed E-state index contributed by atoms with van der Waals surface area (Å²) in [7, 11) is 1.90. The fourth-order valence-corrected chi connectivity index (χ4v) is 2.02. The molecule has 3 heteroatoms. The highest BCUT2D eigenvalue weighted by molar-refractivity contribution is 5.08. The van der Waals surface area contributed by atoms with Gasteiger partial charge < -0.3 is 5.11 Å². The maximum absolute atomic E-state index is 10.2. The first-order valence-electron chi connectivity index (χ1n) is 5.25. The third-order valence-electron chi connectivity index (χ3n) is 2.77. The standard InChI is InChI=1S/C11H18N2O/c1-11(14,5-9-3-4-9)6-10-7-12-13(2)8-10/h7-9,14H,3-6H2,1-2H3. The average Bonchev–Trinajstić information content (AvgIpc) is 2.74. The summed E-state index contributed by atoms with van der Waals surface area (Å²) in [6.45, 7) is 1.93. The van der Waals surface area contributed by atoms with Gasteiger partial charge in [0, 0.05) is 19.7 Å². The van der Waals surface area contributed by atoms with Gasteiger partial charge in [0.2, 0.25) is 0 Å². The van der Waals surface area contributed by atoms with Gasteiger partial charge in [0.15, 0.2) is 0 Å². The van der Waals surface area contributed by atoms with E-state index in [2.05, 4.69) is 5.10 Å². The van der Waals surface area contributed by atoms with Gasteiger partial charge in [0.05, 0.1) is 11.8 Å². The van der Waals surface area contributed by atoms with Gasteiger partial charge in [0.1, 0.15) is 0 Å². The second-order valence-corrected chi connectivity index (χ2v) is 4.84. The molecule has 2 rings (SSSR count). The van der Waals surface area contributed by atoms with E-state index in [0.717, 1.165) is 24.3 Å². The zero-order chi connectivity index (χ0) is 10.2. The first kappa shape index (κ1) is 9.71. The number of aliphatic hydroxyl groups is 1. The summed E-state index contributed by atoms with van der Waals surface area (Å²) >= 11 is 0. The van der Waals surface area contributed by atoms with Gasteiger partial charge in [0.25, 0.3) is 0 Å². The summed E-state index contributed by atoms with van der Waals surface area (Å²) in [5.74, 6) is 0.765. The maximum atomic E-state index is 10.2. The second-order valence-electron chi connectivity index (χ2n) is 4.84. The smallest absolute Gasteiger partial charge is 0.0663 e. The summed E-state index contributed by atoms with van der Waals surface area (Å²) in [6.07, 6.45) is 8.05. The monoisotopic (exact) mass is 194 g/mol. The van der Waals surface area contributed by atoms with Crippen LogP contribution in [0.15, 0.2) is 12.4 Å². The summed E-state index contributed by atoms with van der Waals surface area (Å²) < 4.78 is 1.78. The fraction of sp³-hybridized carbons (Fsp3) is 0.727. The average molecular weight is 194 g/mol. The number of hydrogen-bond acceptors (Lipinski definition) is 2. The molecular formula is C11H18N2O. The highest BCUT2D eigenvalue weighted by atomic mass is 16.3. The van der Waals surface area contributed by atoms with Crippen LogP contribution in [0.2, 0.25) is 0 Å². The summed E-state index contributed by atoms with van der Waals surface area (Å²) in [5.41, 5.74) is 0.572. The molecule has 1 N–H and O–H groups in total. The lowest BCUT2D eigenvalue weighted by atomic mass is 9.92. The van der Waals surface area contributed by atoms with Crippen molar-refractivity contribution < 1.29 is 5.11 Å². The molecule has 3 nitrogen and oxygen atoms in total. The quantitative estimate of drug-likeness (QED) is 0.789. The SMILES string of the molecule is Cn1cc(CC(C)(O)CC2CC2)cn1. The van der Waals surface area contributed by atoms with Gasteiger partial charge in [-0.15, -0.1) is 0 Å². The van der Waals surface area contributed by atoms with Crippen molar-refractivity contribution >= 4 is 0 Å². The lowest BCUT2D eigenvalue weighted by Crippen LogP contribution is -2.27. The molecule has 0 radical (unpaired) electrons. The van der Waals surface area contributed by atoms with E-state index in [1.54, 1.807) is 4.68 Å². The highest BCUT2D eigenvalue weighted by Crippen LogP contribution is 2.37. The normalized spacial score (nSPS) is 20.8. The first-order chi connectivity index (χ1) is 6.55. The van der Waals surface area contributed by atoms with Gasteiger partial charge in [-0.25, -0.2) is 0 Å². The predicted molar refractivity (Wildman–Crippen MR) is 54.9 cm³/mol. The summed E-state index contributed by atoms with van der Waals surface area (Å²) in [5, 5.41) is 14.3. The van der Waals surface area contributed by atoms with Crippen LogP contribution in [0, 0.1) is 5.92 Å². The van der Waals surface area contributed by atoms with Crippen LogP contribution in [0.25, 0.3) is 0 Å². The van der Waals surface area contributed by atoms with Gasteiger partial charge >= 0.3 is 0 Å². The van der Waals surface area contributed by atoms with Crippen molar-refractivity contribution in [1.82, 2.24) is 9.78 Å². The Balaban J connectivity index is 1.94. The lowest BCUT2D eigenvalue weighted by molar-refractivity contribution is 0.0455. The Morgan fingerprint density at radius 2 is 2.36 bits per heavy atom. The molecule has 14 heavy (non-hydrogen) atoms. The van der Waals surface area contributed by atoms with Crippen LogP contribution < -0.4 is 0 Å².